The lowest BCUT2D eigenvalue weighted by atomic mass is 9.96. The van der Waals surface area contributed by atoms with E-state index in [1.807, 2.05) is 43.3 Å². The zero-order valence-electron chi connectivity index (χ0n) is 30.7. The van der Waals surface area contributed by atoms with E-state index in [0.29, 0.717) is 65.6 Å². The first-order valence-corrected chi connectivity index (χ1v) is 18.2. The fraction of sp³-hybridized carbons (Fsp3) is 0.262. The van der Waals surface area contributed by atoms with Crippen LogP contribution in [0.15, 0.2) is 97.1 Å². The third-order valence-electron chi connectivity index (χ3n) is 10.1. The van der Waals surface area contributed by atoms with E-state index in [1.54, 1.807) is 41.3 Å². The zero-order chi connectivity index (χ0) is 39.6. The van der Waals surface area contributed by atoms with Crippen molar-refractivity contribution in [1.82, 2.24) is 20.5 Å². The number of amides is 5. The maximum Gasteiger partial charge on any atom is 0.416 e. The molecule has 1 aromatic heterocycles. The Hall–Kier alpha value is -6.44. The molecule has 14 heteroatoms. The average Bonchev–Trinajstić information content (AvgIpc) is 3.20. The molecule has 7 rings (SSSR count). The summed E-state index contributed by atoms with van der Waals surface area (Å²) in [5, 5.41) is 10.4. The number of carbonyl (C=O) groups is 4. The van der Waals surface area contributed by atoms with E-state index in [1.165, 1.54) is 24.1 Å². The van der Waals surface area contributed by atoms with Crippen molar-refractivity contribution in [1.29, 1.82) is 0 Å². The Kier molecular flexibility index (Phi) is 10.6. The topological polar surface area (TPSA) is 133 Å². The number of hydrogen-bond donors (Lipinski definition) is 3. The van der Waals surface area contributed by atoms with Crippen molar-refractivity contribution in [2.24, 2.45) is 0 Å². The van der Waals surface area contributed by atoms with Crippen LogP contribution in [-0.4, -0.2) is 66.4 Å². The summed E-state index contributed by atoms with van der Waals surface area (Å²) < 4.78 is 44.7. The number of urea groups is 1. The van der Waals surface area contributed by atoms with Gasteiger partial charge in [-0.1, -0.05) is 42.5 Å². The highest BCUT2D eigenvalue weighted by Gasteiger charge is 2.31. The van der Waals surface area contributed by atoms with Gasteiger partial charge in [-0.25, -0.2) is 9.78 Å². The molecule has 0 bridgehead atoms. The van der Waals surface area contributed by atoms with Gasteiger partial charge in [-0.3, -0.25) is 24.6 Å². The number of piperidine rings is 1. The SMILES string of the molecule is COc1ccc(C(=O)N2CCC(Nc3cccc([C@H](C)NC(=O)c4ccc5c(-c6ccc(C(F)(F)F)cc6)cccc5c4)n3)CC2)cc1N1CCC(=O)NC1=O. The highest BCUT2D eigenvalue weighted by atomic mass is 19.4. The van der Waals surface area contributed by atoms with Crippen LogP contribution in [0, 0.1) is 0 Å². The predicted octanol–water partition coefficient (Wildman–Crippen LogP) is 7.58. The Bertz CT molecular complexity index is 2310. The molecule has 4 aromatic carbocycles. The van der Waals surface area contributed by atoms with Crippen LogP contribution in [0.5, 0.6) is 5.75 Å². The number of benzene rings is 4. The molecule has 2 aliphatic heterocycles. The van der Waals surface area contributed by atoms with Gasteiger partial charge in [-0.15, -0.1) is 0 Å². The minimum atomic E-state index is -4.42. The Labute approximate surface area is 320 Å². The van der Waals surface area contributed by atoms with Gasteiger partial charge in [0.2, 0.25) is 5.91 Å². The van der Waals surface area contributed by atoms with Gasteiger partial charge in [0.25, 0.3) is 11.8 Å². The molecule has 2 aliphatic rings. The summed E-state index contributed by atoms with van der Waals surface area (Å²) in [7, 11) is 1.48. The van der Waals surface area contributed by atoms with Gasteiger partial charge in [-0.2, -0.15) is 13.2 Å². The third-order valence-corrected chi connectivity index (χ3v) is 10.1. The number of nitrogens with one attached hydrogen (secondary N) is 3. The second-order valence-electron chi connectivity index (χ2n) is 13.8. The van der Waals surface area contributed by atoms with Gasteiger partial charge in [0.1, 0.15) is 11.6 Å². The number of nitrogens with zero attached hydrogens (tertiary/aromatic N) is 3. The number of ether oxygens (including phenoxy) is 1. The first-order valence-electron chi connectivity index (χ1n) is 18.2. The number of alkyl halides is 3. The van der Waals surface area contributed by atoms with Crippen LogP contribution < -0.4 is 25.6 Å². The largest absolute Gasteiger partial charge is 0.495 e. The Morgan fingerprint density at radius 2 is 1.62 bits per heavy atom. The number of aromatic nitrogens is 1. The number of methoxy groups -OCH3 is 1. The van der Waals surface area contributed by atoms with Crippen molar-refractivity contribution >= 4 is 46.0 Å². The summed E-state index contributed by atoms with van der Waals surface area (Å²) in [4.78, 5) is 59.0. The fourth-order valence-corrected chi connectivity index (χ4v) is 7.09. The molecule has 56 heavy (non-hydrogen) atoms. The molecule has 11 nitrogen and oxygen atoms in total. The summed E-state index contributed by atoms with van der Waals surface area (Å²) in [6.07, 6.45) is -2.93. The first-order chi connectivity index (χ1) is 26.9. The number of pyridine rings is 1. The smallest absolute Gasteiger partial charge is 0.416 e. The molecular formula is C42H39F3N6O5. The van der Waals surface area contributed by atoms with Gasteiger partial charge in [0.05, 0.1) is 30.1 Å². The molecule has 3 heterocycles. The van der Waals surface area contributed by atoms with Crippen LogP contribution in [0.1, 0.15) is 64.2 Å². The van der Waals surface area contributed by atoms with Crippen molar-refractivity contribution in [2.45, 2.75) is 44.4 Å². The maximum atomic E-state index is 13.5. The number of carbonyl (C=O) groups excluding carboxylic acids is 4. The minimum Gasteiger partial charge on any atom is -0.495 e. The summed E-state index contributed by atoms with van der Waals surface area (Å²) in [6.45, 7) is 3.03. The molecule has 2 saturated heterocycles. The van der Waals surface area contributed by atoms with Crippen LogP contribution in [0.2, 0.25) is 0 Å². The average molecular weight is 765 g/mol. The number of likely N-dealkylation sites (tertiary alicyclic amines) is 1. The molecule has 0 spiro atoms. The summed E-state index contributed by atoms with van der Waals surface area (Å²) >= 11 is 0. The molecule has 3 N–H and O–H groups in total. The molecule has 288 valence electrons. The lowest BCUT2D eigenvalue weighted by molar-refractivity contribution is -0.137. The number of fused-ring (bicyclic) bond motifs is 1. The molecule has 0 unspecified atom stereocenters. The lowest BCUT2D eigenvalue weighted by Crippen LogP contribution is -2.49. The fourth-order valence-electron chi connectivity index (χ4n) is 7.09. The monoisotopic (exact) mass is 764 g/mol. The summed E-state index contributed by atoms with van der Waals surface area (Å²) in [5.74, 6) is 0.247. The Balaban J connectivity index is 0.954. The first kappa shape index (κ1) is 37.9. The molecule has 0 aliphatic carbocycles. The van der Waals surface area contributed by atoms with Gasteiger partial charge in [-0.05, 0) is 96.3 Å². The van der Waals surface area contributed by atoms with Crippen molar-refractivity contribution in [2.75, 3.05) is 37.0 Å². The quantitative estimate of drug-likeness (QED) is 0.141. The normalized spacial score (nSPS) is 15.7. The molecule has 5 amide bonds. The van der Waals surface area contributed by atoms with Gasteiger partial charge in [0.15, 0.2) is 0 Å². The van der Waals surface area contributed by atoms with Crippen molar-refractivity contribution in [3.8, 4) is 16.9 Å². The molecule has 0 saturated carbocycles. The van der Waals surface area contributed by atoms with Crippen molar-refractivity contribution < 1.29 is 37.1 Å². The highest BCUT2D eigenvalue weighted by molar-refractivity contribution is 6.07. The number of hydrogen-bond acceptors (Lipinski definition) is 7. The van der Waals surface area contributed by atoms with E-state index in [4.69, 9.17) is 9.72 Å². The molecule has 2 fully saturated rings. The van der Waals surface area contributed by atoms with Gasteiger partial charge < -0.3 is 20.3 Å². The molecule has 5 aromatic rings. The van der Waals surface area contributed by atoms with Gasteiger partial charge in [0, 0.05) is 43.2 Å². The van der Waals surface area contributed by atoms with E-state index in [2.05, 4.69) is 16.0 Å². The summed E-state index contributed by atoms with van der Waals surface area (Å²) in [5.41, 5.74) is 2.61. The number of rotatable bonds is 9. The van der Waals surface area contributed by atoms with Crippen molar-refractivity contribution in [3.05, 3.63) is 119 Å². The van der Waals surface area contributed by atoms with Crippen LogP contribution in [0.4, 0.5) is 29.5 Å². The zero-order valence-corrected chi connectivity index (χ0v) is 30.7. The van der Waals surface area contributed by atoms with Crippen LogP contribution in [-0.2, 0) is 11.0 Å². The van der Waals surface area contributed by atoms with Crippen LogP contribution >= 0.6 is 0 Å². The van der Waals surface area contributed by atoms with E-state index in [0.717, 1.165) is 28.5 Å². The van der Waals surface area contributed by atoms with E-state index in [-0.39, 0.29) is 36.7 Å². The predicted molar refractivity (Wildman–Crippen MR) is 206 cm³/mol. The van der Waals surface area contributed by atoms with E-state index >= 15 is 0 Å². The van der Waals surface area contributed by atoms with Gasteiger partial charge >= 0.3 is 12.2 Å². The molecule has 0 radical (unpaired) electrons. The highest BCUT2D eigenvalue weighted by Crippen LogP contribution is 2.34. The lowest BCUT2D eigenvalue weighted by Gasteiger charge is -2.33. The maximum absolute atomic E-state index is 13.5. The Morgan fingerprint density at radius 1 is 0.893 bits per heavy atom. The number of anilines is 2. The standard InChI is InChI=1S/C42H39F3N6O5/c1-25(46-39(53)28-11-15-33-27(23-28)5-3-6-32(33)26-9-13-30(14-10-26)42(43,44)45)34-7-4-8-37(48-34)47-31-17-20-50(21-18-31)40(54)29-12-16-36(56-2)35(24-29)51-22-19-38(52)49-41(51)55/h3-16,23-25,31H,17-22H2,1-2H3,(H,46,53)(H,47,48)(H,49,52,55)/t25-/m0/s1. The second kappa shape index (κ2) is 15.7. The van der Waals surface area contributed by atoms with Crippen LogP contribution in [0.25, 0.3) is 21.9 Å². The van der Waals surface area contributed by atoms with E-state index in [9.17, 15) is 32.3 Å². The number of imide groups is 1. The van der Waals surface area contributed by atoms with Crippen molar-refractivity contribution in [3.63, 3.8) is 0 Å². The number of halogens is 3. The molecular weight excluding hydrogens is 725 g/mol. The third kappa shape index (κ3) is 8.14. The minimum absolute atomic E-state index is 0.0535. The molecule has 1 atom stereocenters. The summed E-state index contributed by atoms with van der Waals surface area (Å²) in [6, 6.07) is 25.4. The second-order valence-corrected chi connectivity index (χ2v) is 13.8. The van der Waals surface area contributed by atoms with Crippen LogP contribution in [0.3, 0.4) is 0 Å². The Morgan fingerprint density at radius 3 is 2.34 bits per heavy atom. The van der Waals surface area contributed by atoms with E-state index < -0.39 is 23.8 Å².